The third kappa shape index (κ3) is 8.60. The average molecular weight is 182 g/mol. The first-order chi connectivity index (χ1) is 4.77. The normalized spacial score (nSPS) is 10.8. The lowest BCUT2D eigenvalue weighted by molar-refractivity contribution is 0.437. The lowest BCUT2D eigenvalue weighted by Gasteiger charge is -2.07. The molecule has 0 fully saturated rings. The van der Waals surface area contributed by atoms with Gasteiger partial charge in [-0.1, -0.05) is 0 Å². The summed E-state index contributed by atoms with van der Waals surface area (Å²) in [6, 6.07) is 0. The van der Waals surface area contributed by atoms with E-state index in [0.29, 0.717) is 0 Å². The molecule has 0 aromatic carbocycles. The molecule has 0 N–H and O–H groups in total. The monoisotopic (exact) mass is 181 g/mol. The summed E-state index contributed by atoms with van der Waals surface area (Å²) in [5.74, 6) is 3.23. The van der Waals surface area contributed by atoms with Crippen LogP contribution in [0.4, 0.5) is 0 Å². The largest absolute Gasteiger partial charge is 0.309 e. The minimum atomic E-state index is 0.801. The second-order valence-corrected chi connectivity index (χ2v) is 4.06. The van der Waals surface area contributed by atoms with Crippen LogP contribution in [-0.2, 0) is 0 Å². The van der Waals surface area contributed by atoms with Crippen LogP contribution in [0.15, 0.2) is 0 Å². The molecule has 0 saturated carbocycles. The molecular formula is C7H16ClNS. The van der Waals surface area contributed by atoms with Crippen molar-refractivity contribution in [3.05, 3.63) is 0 Å². The van der Waals surface area contributed by atoms with E-state index in [9.17, 15) is 0 Å². The van der Waals surface area contributed by atoms with E-state index in [2.05, 4.69) is 19.0 Å². The zero-order valence-electron chi connectivity index (χ0n) is 6.77. The fraction of sp³-hybridized carbons (Fsp3) is 1.00. The first-order valence-corrected chi connectivity index (χ1v) is 5.24. The van der Waals surface area contributed by atoms with Crippen molar-refractivity contribution >= 4 is 23.4 Å². The highest BCUT2D eigenvalue weighted by Gasteiger charge is 1.90. The molecule has 3 heteroatoms. The van der Waals surface area contributed by atoms with E-state index in [-0.39, 0.29) is 0 Å². The SMILES string of the molecule is CN(C)CCSCCCCl. The summed E-state index contributed by atoms with van der Waals surface area (Å²) < 4.78 is 0. The standard InChI is InChI=1S/C7H16ClNS/c1-9(2)5-7-10-6-3-4-8/h3-7H2,1-2H3. The predicted octanol–water partition coefficient (Wildman–Crippen LogP) is 1.91. The Kier molecular flexibility index (Phi) is 8.17. The second-order valence-electron chi connectivity index (χ2n) is 2.46. The summed E-state index contributed by atoms with van der Waals surface area (Å²) >= 11 is 7.50. The summed E-state index contributed by atoms with van der Waals surface area (Å²) in [6.45, 7) is 1.17. The third-order valence-electron chi connectivity index (χ3n) is 1.11. The molecule has 62 valence electrons. The Hall–Kier alpha value is 0.600. The molecule has 0 radical (unpaired) electrons. The highest BCUT2D eigenvalue weighted by molar-refractivity contribution is 7.99. The van der Waals surface area contributed by atoms with Gasteiger partial charge >= 0.3 is 0 Å². The smallest absolute Gasteiger partial charge is 0.0231 e. The van der Waals surface area contributed by atoms with Crippen molar-refractivity contribution in [2.24, 2.45) is 0 Å². The van der Waals surface area contributed by atoms with E-state index < -0.39 is 0 Å². The van der Waals surface area contributed by atoms with Crippen molar-refractivity contribution in [2.75, 3.05) is 38.0 Å². The molecule has 0 saturated heterocycles. The molecule has 0 aromatic heterocycles. The highest BCUT2D eigenvalue weighted by Crippen LogP contribution is 2.02. The Bertz CT molecular complexity index is 68.6. The molecule has 0 aliphatic carbocycles. The molecule has 0 aliphatic rings. The quantitative estimate of drug-likeness (QED) is 0.455. The van der Waals surface area contributed by atoms with Gasteiger partial charge in [0.25, 0.3) is 0 Å². The fourth-order valence-corrected chi connectivity index (χ4v) is 1.84. The maximum Gasteiger partial charge on any atom is 0.0231 e. The topological polar surface area (TPSA) is 3.24 Å². The number of hydrogen-bond acceptors (Lipinski definition) is 2. The van der Waals surface area contributed by atoms with Gasteiger partial charge in [-0.3, -0.25) is 0 Å². The van der Waals surface area contributed by atoms with Gasteiger partial charge in [0.15, 0.2) is 0 Å². The maximum atomic E-state index is 5.52. The number of hydrogen-bond donors (Lipinski definition) is 0. The van der Waals surface area contributed by atoms with Gasteiger partial charge < -0.3 is 4.90 Å². The molecule has 0 aliphatic heterocycles. The number of halogens is 1. The molecule has 0 unspecified atom stereocenters. The summed E-state index contributed by atoms with van der Waals surface area (Å²) in [5, 5.41) is 0. The molecule has 0 amide bonds. The maximum absolute atomic E-state index is 5.52. The molecular weight excluding hydrogens is 166 g/mol. The second kappa shape index (κ2) is 7.70. The van der Waals surface area contributed by atoms with E-state index in [0.717, 1.165) is 12.3 Å². The van der Waals surface area contributed by atoms with Crippen molar-refractivity contribution in [3.63, 3.8) is 0 Å². The Morgan fingerprint density at radius 3 is 2.50 bits per heavy atom. The molecule has 0 spiro atoms. The van der Waals surface area contributed by atoms with E-state index in [1.54, 1.807) is 0 Å². The Morgan fingerprint density at radius 1 is 1.30 bits per heavy atom. The fourth-order valence-electron chi connectivity index (χ4n) is 0.506. The van der Waals surface area contributed by atoms with Crippen LogP contribution in [0, 0.1) is 0 Å². The van der Waals surface area contributed by atoms with E-state index in [1.807, 2.05) is 11.8 Å². The number of thioether (sulfide) groups is 1. The van der Waals surface area contributed by atoms with Gasteiger partial charge in [0.1, 0.15) is 0 Å². The van der Waals surface area contributed by atoms with Crippen LogP contribution >= 0.6 is 23.4 Å². The van der Waals surface area contributed by atoms with Crippen molar-refractivity contribution in [3.8, 4) is 0 Å². The Morgan fingerprint density at radius 2 is 2.00 bits per heavy atom. The van der Waals surface area contributed by atoms with Gasteiger partial charge in [0.2, 0.25) is 0 Å². The highest BCUT2D eigenvalue weighted by atomic mass is 35.5. The molecule has 0 aromatic rings. The van der Waals surface area contributed by atoms with Gasteiger partial charge in [-0.05, 0) is 26.3 Å². The summed E-state index contributed by atoms with van der Waals surface area (Å²) in [4.78, 5) is 2.20. The number of alkyl halides is 1. The minimum Gasteiger partial charge on any atom is -0.309 e. The van der Waals surface area contributed by atoms with Crippen LogP contribution in [0.1, 0.15) is 6.42 Å². The molecule has 0 bridgehead atoms. The summed E-state index contributed by atoms with van der Waals surface area (Å²) in [6.07, 6.45) is 1.14. The zero-order valence-corrected chi connectivity index (χ0v) is 8.34. The Balaban J connectivity index is 2.77. The number of nitrogens with zero attached hydrogens (tertiary/aromatic N) is 1. The van der Waals surface area contributed by atoms with Crippen molar-refractivity contribution in [2.45, 2.75) is 6.42 Å². The van der Waals surface area contributed by atoms with Crippen LogP contribution in [0.3, 0.4) is 0 Å². The van der Waals surface area contributed by atoms with Crippen LogP contribution in [0.5, 0.6) is 0 Å². The predicted molar refractivity (Wildman–Crippen MR) is 51.2 cm³/mol. The van der Waals surface area contributed by atoms with Gasteiger partial charge in [0.05, 0.1) is 0 Å². The third-order valence-corrected chi connectivity index (χ3v) is 2.42. The van der Waals surface area contributed by atoms with Gasteiger partial charge in [0, 0.05) is 18.2 Å². The number of rotatable bonds is 6. The van der Waals surface area contributed by atoms with Crippen LogP contribution in [0.2, 0.25) is 0 Å². The van der Waals surface area contributed by atoms with Gasteiger partial charge in [-0.25, -0.2) is 0 Å². The lowest BCUT2D eigenvalue weighted by atomic mass is 10.6. The molecule has 1 nitrogen and oxygen atoms in total. The van der Waals surface area contributed by atoms with Crippen LogP contribution in [0.25, 0.3) is 0 Å². The van der Waals surface area contributed by atoms with Gasteiger partial charge in [-0.15, -0.1) is 11.6 Å². The van der Waals surface area contributed by atoms with E-state index in [1.165, 1.54) is 18.1 Å². The first-order valence-electron chi connectivity index (χ1n) is 3.56. The summed E-state index contributed by atoms with van der Waals surface area (Å²) in [5.41, 5.74) is 0. The first kappa shape index (κ1) is 10.6. The molecule has 0 rings (SSSR count). The Labute approximate surface area is 73.1 Å². The van der Waals surface area contributed by atoms with Crippen molar-refractivity contribution < 1.29 is 0 Å². The molecule has 10 heavy (non-hydrogen) atoms. The minimum absolute atomic E-state index is 0.801. The average Bonchev–Trinajstić information content (AvgIpc) is 1.87. The van der Waals surface area contributed by atoms with E-state index >= 15 is 0 Å². The van der Waals surface area contributed by atoms with Crippen LogP contribution in [-0.4, -0.2) is 42.9 Å². The molecule has 0 heterocycles. The van der Waals surface area contributed by atoms with Crippen molar-refractivity contribution in [1.29, 1.82) is 0 Å². The van der Waals surface area contributed by atoms with E-state index in [4.69, 9.17) is 11.6 Å². The van der Waals surface area contributed by atoms with Crippen molar-refractivity contribution in [1.82, 2.24) is 4.90 Å². The zero-order chi connectivity index (χ0) is 7.82. The summed E-state index contributed by atoms with van der Waals surface area (Å²) in [7, 11) is 4.20. The van der Waals surface area contributed by atoms with Gasteiger partial charge in [-0.2, -0.15) is 11.8 Å². The molecule has 0 atom stereocenters. The lowest BCUT2D eigenvalue weighted by Crippen LogP contribution is -2.14. The van der Waals surface area contributed by atoms with Crippen LogP contribution < -0.4 is 0 Å².